The van der Waals surface area contributed by atoms with Gasteiger partial charge in [-0.25, -0.2) is 9.97 Å². The van der Waals surface area contributed by atoms with E-state index >= 15 is 0 Å². The van der Waals surface area contributed by atoms with Crippen LogP contribution in [0.3, 0.4) is 0 Å². The smallest absolute Gasteiger partial charge is 0.335 e. The molecule has 0 aliphatic heterocycles. The van der Waals surface area contributed by atoms with Crippen molar-refractivity contribution < 1.29 is 21.1 Å². The molecule has 0 atom stereocenters. The summed E-state index contributed by atoms with van der Waals surface area (Å²) < 4.78 is 4.48. The van der Waals surface area contributed by atoms with E-state index < -0.39 is 5.41 Å². The van der Waals surface area contributed by atoms with Crippen molar-refractivity contribution in [2.24, 2.45) is 0 Å². The standard InChI is InChI=1S/C44H29N5.Pt/c1-44(2,38-26-25-31-30-19-9-12-22-35(30)48(42(31)47-38)29-17-7-4-8-18-29)39-27-33(28-15-5-3-6-16-28)40-41(46-39)32-20-10-13-23-36(32)49-37-24-14-11-21-34(37)45-43(40)49;/h3-17,19,21-27H,1-2H3;/q-2;+2. The van der Waals surface area contributed by atoms with Gasteiger partial charge in [0.2, 0.25) is 0 Å². The monoisotopic (exact) mass is 822 g/mol. The van der Waals surface area contributed by atoms with Crippen LogP contribution in [0, 0.1) is 12.1 Å². The van der Waals surface area contributed by atoms with Gasteiger partial charge in [-0.15, -0.1) is 35.7 Å². The second-order valence-corrected chi connectivity index (χ2v) is 13.1. The van der Waals surface area contributed by atoms with E-state index in [9.17, 15) is 0 Å². The molecule has 5 nitrogen and oxygen atoms in total. The normalized spacial score (nSPS) is 12.0. The van der Waals surface area contributed by atoms with Crippen LogP contribution in [0.5, 0.6) is 0 Å². The van der Waals surface area contributed by atoms with Gasteiger partial charge in [0.15, 0.2) is 0 Å². The Labute approximate surface area is 303 Å². The van der Waals surface area contributed by atoms with Crippen molar-refractivity contribution in [3.8, 4) is 16.8 Å². The maximum Gasteiger partial charge on any atom is 2.00 e. The van der Waals surface area contributed by atoms with Crippen LogP contribution in [0.4, 0.5) is 0 Å². The molecular weight excluding hydrogens is 794 g/mol. The number of hydrogen-bond donors (Lipinski definition) is 0. The zero-order valence-electron chi connectivity index (χ0n) is 27.3. The molecule has 0 spiro atoms. The summed E-state index contributed by atoms with van der Waals surface area (Å²) in [7, 11) is 0. The number of pyridine rings is 3. The average molecular weight is 823 g/mol. The van der Waals surface area contributed by atoms with Crippen LogP contribution in [0.1, 0.15) is 25.2 Å². The summed E-state index contributed by atoms with van der Waals surface area (Å²) in [6.07, 6.45) is 0. The van der Waals surface area contributed by atoms with Crippen molar-refractivity contribution in [3.63, 3.8) is 0 Å². The zero-order valence-corrected chi connectivity index (χ0v) is 29.6. The van der Waals surface area contributed by atoms with Crippen LogP contribution in [0.15, 0.2) is 140 Å². The minimum Gasteiger partial charge on any atom is -0.335 e. The first kappa shape index (κ1) is 30.4. The van der Waals surface area contributed by atoms with Crippen molar-refractivity contribution in [3.05, 3.63) is 163 Å². The Hall–Kier alpha value is -5.64. The third kappa shape index (κ3) is 4.40. The number of imidazole rings is 1. The molecule has 0 radical (unpaired) electrons. The fourth-order valence-corrected chi connectivity index (χ4v) is 7.45. The Morgan fingerprint density at radius 2 is 1.32 bits per heavy atom. The van der Waals surface area contributed by atoms with Crippen LogP contribution in [-0.2, 0) is 26.5 Å². The number of rotatable bonds is 4. The maximum absolute atomic E-state index is 5.52. The van der Waals surface area contributed by atoms with Crippen molar-refractivity contribution in [2.45, 2.75) is 19.3 Å². The summed E-state index contributed by atoms with van der Waals surface area (Å²) in [5, 5.41) is 4.25. The first-order chi connectivity index (χ1) is 24.1. The molecule has 5 aromatic heterocycles. The molecule has 0 aliphatic carbocycles. The van der Waals surface area contributed by atoms with Crippen LogP contribution >= 0.6 is 0 Å². The van der Waals surface area contributed by atoms with Crippen LogP contribution in [0.2, 0.25) is 0 Å². The van der Waals surface area contributed by atoms with Crippen LogP contribution in [0.25, 0.3) is 77.2 Å². The molecule has 6 heteroatoms. The molecule has 0 fully saturated rings. The predicted molar refractivity (Wildman–Crippen MR) is 199 cm³/mol. The molecule has 0 saturated heterocycles. The van der Waals surface area contributed by atoms with E-state index in [1.807, 2.05) is 36.4 Å². The van der Waals surface area contributed by atoms with Crippen LogP contribution < -0.4 is 0 Å². The zero-order chi connectivity index (χ0) is 32.7. The van der Waals surface area contributed by atoms with Crippen molar-refractivity contribution >= 4 is 60.4 Å². The molecule has 10 aromatic rings. The van der Waals surface area contributed by atoms with E-state index in [-0.39, 0.29) is 21.1 Å². The van der Waals surface area contributed by atoms with E-state index in [1.54, 1.807) is 0 Å². The summed E-state index contributed by atoms with van der Waals surface area (Å²) in [6.45, 7) is 4.44. The Bertz CT molecular complexity index is 2910. The molecule has 0 aliphatic rings. The van der Waals surface area contributed by atoms with Gasteiger partial charge in [-0.1, -0.05) is 66.4 Å². The Morgan fingerprint density at radius 3 is 2.16 bits per heavy atom. The molecule has 240 valence electrons. The SMILES string of the molecule is CC(C)(c1cc(-c2ccccc2)c2c(n1)c1[c-]cccc1n1c3ccccc3nc21)c1ccc2c3ccccc3n(-c3[c-]cccc3)c2n1.[Pt+2]. The van der Waals surface area contributed by atoms with Crippen molar-refractivity contribution in [1.29, 1.82) is 0 Å². The van der Waals surface area contributed by atoms with Crippen LogP contribution in [-0.4, -0.2) is 23.9 Å². The van der Waals surface area contributed by atoms with Crippen molar-refractivity contribution in [2.75, 3.05) is 0 Å². The maximum atomic E-state index is 5.52. The summed E-state index contributed by atoms with van der Waals surface area (Å²) in [5.41, 5.74) is 11.3. The first-order valence-electron chi connectivity index (χ1n) is 16.6. The second kappa shape index (κ2) is 11.5. The van der Waals surface area contributed by atoms with E-state index in [0.717, 1.165) is 83.2 Å². The third-order valence-corrected chi connectivity index (χ3v) is 9.94. The Balaban J connectivity index is 0.00000336. The summed E-state index contributed by atoms with van der Waals surface area (Å²) in [4.78, 5) is 16.2. The van der Waals surface area contributed by atoms with E-state index in [1.165, 1.54) is 5.39 Å². The molecule has 5 aromatic carbocycles. The summed E-state index contributed by atoms with van der Waals surface area (Å²) in [5.74, 6) is 0. The average Bonchev–Trinajstić information content (AvgIpc) is 3.71. The van der Waals surface area contributed by atoms with Gasteiger partial charge in [0, 0.05) is 32.8 Å². The molecule has 0 N–H and O–H groups in total. The van der Waals surface area contributed by atoms with Gasteiger partial charge in [-0.2, -0.15) is 24.3 Å². The number of hydrogen-bond acceptors (Lipinski definition) is 3. The largest absolute Gasteiger partial charge is 2.00 e. The van der Waals surface area contributed by atoms with E-state index in [2.05, 4.69) is 138 Å². The number of aromatic nitrogens is 5. The molecule has 5 heterocycles. The molecule has 0 bridgehead atoms. The van der Waals surface area contributed by atoms with Gasteiger partial charge < -0.3 is 8.97 Å². The Morgan fingerprint density at radius 1 is 0.580 bits per heavy atom. The first-order valence-corrected chi connectivity index (χ1v) is 16.6. The minimum atomic E-state index is -0.555. The second-order valence-electron chi connectivity index (χ2n) is 13.1. The Kier molecular flexibility index (Phi) is 6.98. The van der Waals surface area contributed by atoms with Gasteiger partial charge in [-0.05, 0) is 66.9 Å². The molecule has 50 heavy (non-hydrogen) atoms. The summed E-state index contributed by atoms with van der Waals surface area (Å²) >= 11 is 0. The number of para-hydroxylation sites is 4. The molecular formula is C44H29N5Pt. The van der Waals surface area contributed by atoms with E-state index in [4.69, 9.17) is 15.0 Å². The van der Waals surface area contributed by atoms with Gasteiger partial charge in [-0.3, -0.25) is 4.98 Å². The van der Waals surface area contributed by atoms with Gasteiger partial charge in [0.25, 0.3) is 0 Å². The van der Waals surface area contributed by atoms with Gasteiger partial charge in [0.1, 0.15) is 11.3 Å². The molecule has 0 amide bonds. The molecule has 0 unspecified atom stereocenters. The predicted octanol–water partition coefficient (Wildman–Crippen LogP) is 10.3. The molecule has 10 rings (SSSR count). The quantitative estimate of drug-likeness (QED) is 0.131. The minimum absolute atomic E-state index is 0. The molecule has 0 saturated carbocycles. The number of nitrogens with zero attached hydrogens (tertiary/aromatic N) is 5. The van der Waals surface area contributed by atoms with E-state index in [0.29, 0.717) is 0 Å². The fraction of sp³-hybridized carbons (Fsp3) is 0.0682. The number of fused-ring (bicyclic) bond motifs is 11. The van der Waals surface area contributed by atoms with Gasteiger partial charge in [0.05, 0.1) is 22.2 Å². The van der Waals surface area contributed by atoms with Gasteiger partial charge >= 0.3 is 21.1 Å². The third-order valence-electron chi connectivity index (χ3n) is 9.94. The topological polar surface area (TPSA) is 48.0 Å². The number of benzene rings is 5. The van der Waals surface area contributed by atoms with Crippen molar-refractivity contribution in [1.82, 2.24) is 23.9 Å². The summed E-state index contributed by atoms with van der Waals surface area (Å²) in [6, 6.07) is 55.3. The fourth-order valence-electron chi connectivity index (χ4n) is 7.45.